The molecule has 7 nitrogen and oxygen atoms in total. The lowest BCUT2D eigenvalue weighted by molar-refractivity contribution is -0.113. The lowest BCUT2D eigenvalue weighted by Gasteiger charge is -2.07. The van der Waals surface area contributed by atoms with Gasteiger partial charge in [-0.2, -0.15) is 4.68 Å². The maximum Gasteiger partial charge on any atom is 0.234 e. The zero-order chi connectivity index (χ0) is 17.8. The van der Waals surface area contributed by atoms with Crippen LogP contribution in [-0.2, 0) is 4.79 Å². The van der Waals surface area contributed by atoms with Gasteiger partial charge in [0.05, 0.1) is 17.1 Å². The molecule has 128 valence electrons. The number of hydrogen-bond donors (Lipinski definition) is 2. The number of phenolic OH excluding ortho intramolecular Hbond substituents is 1. The maximum atomic E-state index is 13.5. The number of nitrogens with one attached hydrogen (secondary N) is 1. The van der Waals surface area contributed by atoms with Gasteiger partial charge in [-0.1, -0.05) is 11.8 Å². The Morgan fingerprint density at radius 2 is 1.96 bits per heavy atom. The zero-order valence-corrected chi connectivity index (χ0v) is 13.4. The molecule has 0 radical (unpaired) electrons. The van der Waals surface area contributed by atoms with Gasteiger partial charge >= 0.3 is 0 Å². The van der Waals surface area contributed by atoms with Crippen LogP contribution < -0.4 is 5.32 Å². The van der Waals surface area contributed by atoms with Crippen molar-refractivity contribution in [2.24, 2.45) is 0 Å². The van der Waals surface area contributed by atoms with Crippen LogP contribution in [0.1, 0.15) is 0 Å². The Kier molecular flexibility index (Phi) is 4.89. The van der Waals surface area contributed by atoms with Crippen LogP contribution >= 0.6 is 11.8 Å². The first-order chi connectivity index (χ1) is 12.0. The third-order valence-corrected chi connectivity index (χ3v) is 3.99. The highest BCUT2D eigenvalue weighted by atomic mass is 32.2. The number of phenols is 1. The van der Waals surface area contributed by atoms with E-state index in [1.807, 2.05) is 0 Å². The Balaban J connectivity index is 1.66. The molecule has 2 N–H and O–H groups in total. The zero-order valence-electron chi connectivity index (χ0n) is 12.6. The molecule has 0 bridgehead atoms. The summed E-state index contributed by atoms with van der Waals surface area (Å²) in [6.45, 7) is 0. The summed E-state index contributed by atoms with van der Waals surface area (Å²) < 4.78 is 28.0. The highest BCUT2D eigenvalue weighted by Gasteiger charge is 2.13. The van der Waals surface area contributed by atoms with Crippen molar-refractivity contribution in [2.75, 3.05) is 11.1 Å². The number of rotatable bonds is 5. The summed E-state index contributed by atoms with van der Waals surface area (Å²) in [5.74, 6) is -1.92. The normalized spacial score (nSPS) is 10.6. The third-order valence-electron chi connectivity index (χ3n) is 3.07. The minimum atomic E-state index is -0.728. The molecule has 0 saturated carbocycles. The molecule has 0 saturated heterocycles. The molecule has 2 aromatic carbocycles. The van der Waals surface area contributed by atoms with Gasteiger partial charge < -0.3 is 10.4 Å². The Morgan fingerprint density at radius 1 is 1.20 bits per heavy atom. The Bertz CT molecular complexity index is 901. The van der Waals surface area contributed by atoms with E-state index in [-0.39, 0.29) is 17.2 Å². The molecule has 1 amide bonds. The predicted molar refractivity (Wildman–Crippen MR) is 86.5 cm³/mol. The summed E-state index contributed by atoms with van der Waals surface area (Å²) in [4.78, 5) is 11.9. The highest BCUT2D eigenvalue weighted by Crippen LogP contribution is 2.21. The number of halogens is 2. The topological polar surface area (TPSA) is 92.9 Å². The van der Waals surface area contributed by atoms with Crippen LogP contribution in [0, 0.1) is 11.6 Å². The SMILES string of the molecule is O=C(CSc1nnnn1-c1ccc(O)cc1)Nc1cc(F)ccc1F. The molecule has 0 atom stereocenters. The molecule has 0 aliphatic rings. The van der Waals surface area contributed by atoms with Gasteiger partial charge in [-0.25, -0.2) is 8.78 Å². The van der Waals surface area contributed by atoms with Gasteiger partial charge in [-0.15, -0.1) is 5.10 Å². The molecule has 3 aromatic rings. The molecule has 1 aromatic heterocycles. The molecule has 10 heteroatoms. The van der Waals surface area contributed by atoms with Gasteiger partial charge in [0.2, 0.25) is 11.1 Å². The van der Waals surface area contributed by atoms with Crippen LogP contribution in [0.4, 0.5) is 14.5 Å². The number of carbonyl (C=O) groups excluding carboxylic acids is 1. The van der Waals surface area contributed by atoms with E-state index in [4.69, 9.17) is 0 Å². The van der Waals surface area contributed by atoms with E-state index in [1.165, 1.54) is 16.8 Å². The predicted octanol–water partition coefficient (Wildman–Crippen LogP) is 2.38. The molecule has 25 heavy (non-hydrogen) atoms. The number of amides is 1. The number of carbonyl (C=O) groups is 1. The second kappa shape index (κ2) is 7.26. The quantitative estimate of drug-likeness (QED) is 0.676. The standard InChI is InChI=1S/C15H11F2N5O2S/c16-9-1-6-12(17)13(7-9)18-14(24)8-25-15-19-20-21-22(15)10-2-4-11(23)5-3-10/h1-7,23H,8H2,(H,18,24). The average Bonchev–Trinajstić information content (AvgIpc) is 3.05. The van der Waals surface area contributed by atoms with E-state index < -0.39 is 17.5 Å². The monoisotopic (exact) mass is 363 g/mol. The van der Waals surface area contributed by atoms with Crippen molar-refractivity contribution < 1.29 is 18.7 Å². The molecule has 3 rings (SSSR count). The average molecular weight is 363 g/mol. The second-order valence-electron chi connectivity index (χ2n) is 4.85. The lowest BCUT2D eigenvalue weighted by Crippen LogP contribution is -2.15. The van der Waals surface area contributed by atoms with Crippen molar-refractivity contribution in [3.8, 4) is 11.4 Å². The van der Waals surface area contributed by atoms with Crippen LogP contribution in [-0.4, -0.2) is 37.0 Å². The molecule has 0 unspecified atom stereocenters. The molecule has 0 fully saturated rings. The van der Waals surface area contributed by atoms with Crippen molar-refractivity contribution in [2.45, 2.75) is 5.16 Å². The Hall–Kier alpha value is -3.01. The Morgan fingerprint density at radius 3 is 2.72 bits per heavy atom. The van der Waals surface area contributed by atoms with Crippen molar-refractivity contribution in [3.05, 3.63) is 54.1 Å². The van der Waals surface area contributed by atoms with E-state index in [1.54, 1.807) is 12.1 Å². The molecule has 0 spiro atoms. The minimum absolute atomic E-state index is 0.0996. The van der Waals surface area contributed by atoms with Gasteiger partial charge in [0.1, 0.15) is 17.4 Å². The summed E-state index contributed by atoms with van der Waals surface area (Å²) in [7, 11) is 0. The maximum absolute atomic E-state index is 13.5. The van der Waals surface area contributed by atoms with Crippen molar-refractivity contribution in [1.29, 1.82) is 0 Å². The summed E-state index contributed by atoms with van der Waals surface area (Å²) in [6, 6.07) is 8.97. The number of aromatic hydroxyl groups is 1. The second-order valence-corrected chi connectivity index (χ2v) is 5.79. The van der Waals surface area contributed by atoms with Gasteiger partial charge in [-0.05, 0) is 46.8 Å². The first kappa shape index (κ1) is 16.8. The van der Waals surface area contributed by atoms with E-state index in [2.05, 4.69) is 20.8 Å². The van der Waals surface area contributed by atoms with Crippen LogP contribution in [0.25, 0.3) is 5.69 Å². The van der Waals surface area contributed by atoms with Crippen molar-refractivity contribution >= 4 is 23.4 Å². The van der Waals surface area contributed by atoms with Gasteiger partial charge in [0, 0.05) is 6.07 Å². The number of thioether (sulfide) groups is 1. The number of tetrazole rings is 1. The lowest BCUT2D eigenvalue weighted by atomic mass is 10.3. The third kappa shape index (κ3) is 4.10. The molecular weight excluding hydrogens is 352 g/mol. The number of anilines is 1. The van der Waals surface area contributed by atoms with Gasteiger partial charge in [-0.3, -0.25) is 4.79 Å². The first-order valence-electron chi connectivity index (χ1n) is 6.98. The van der Waals surface area contributed by atoms with Crippen molar-refractivity contribution in [3.63, 3.8) is 0 Å². The highest BCUT2D eigenvalue weighted by molar-refractivity contribution is 7.99. The number of hydrogen-bond acceptors (Lipinski definition) is 6. The Labute approximate surface area is 144 Å². The van der Waals surface area contributed by atoms with Gasteiger partial charge in [0.25, 0.3) is 0 Å². The number of benzene rings is 2. The van der Waals surface area contributed by atoms with Crippen molar-refractivity contribution in [1.82, 2.24) is 20.2 Å². The molecule has 1 heterocycles. The fourth-order valence-electron chi connectivity index (χ4n) is 1.93. The van der Waals surface area contributed by atoms with E-state index in [0.29, 0.717) is 10.8 Å². The summed E-state index contributed by atoms with van der Waals surface area (Å²) >= 11 is 1.03. The molecule has 0 aliphatic carbocycles. The summed E-state index contributed by atoms with van der Waals surface area (Å²) in [6.07, 6.45) is 0. The summed E-state index contributed by atoms with van der Waals surface area (Å²) in [5.41, 5.74) is 0.366. The van der Waals surface area contributed by atoms with Crippen LogP contribution in [0.15, 0.2) is 47.6 Å². The van der Waals surface area contributed by atoms with E-state index in [9.17, 15) is 18.7 Å². The van der Waals surface area contributed by atoms with Crippen LogP contribution in [0.5, 0.6) is 5.75 Å². The minimum Gasteiger partial charge on any atom is -0.508 e. The fraction of sp³-hybridized carbons (Fsp3) is 0.0667. The number of nitrogens with zero attached hydrogens (tertiary/aromatic N) is 4. The molecular formula is C15H11F2N5O2S. The molecule has 0 aliphatic heterocycles. The summed E-state index contributed by atoms with van der Waals surface area (Å²) in [5, 5.41) is 23.1. The fourth-order valence-corrected chi connectivity index (χ4v) is 2.63. The largest absolute Gasteiger partial charge is 0.508 e. The number of aromatic nitrogens is 4. The van der Waals surface area contributed by atoms with E-state index in [0.717, 1.165) is 30.0 Å². The van der Waals surface area contributed by atoms with Crippen LogP contribution in [0.2, 0.25) is 0 Å². The first-order valence-corrected chi connectivity index (χ1v) is 7.97. The van der Waals surface area contributed by atoms with Gasteiger partial charge in [0.15, 0.2) is 0 Å². The smallest absolute Gasteiger partial charge is 0.234 e. The van der Waals surface area contributed by atoms with Crippen LogP contribution in [0.3, 0.4) is 0 Å². The van der Waals surface area contributed by atoms with E-state index >= 15 is 0 Å².